The van der Waals surface area contributed by atoms with Crippen molar-refractivity contribution in [2.75, 3.05) is 7.11 Å². The number of carboxylic acid groups (broad SMARTS) is 1. The van der Waals surface area contributed by atoms with Crippen LogP contribution in [0, 0.1) is 5.92 Å². The van der Waals surface area contributed by atoms with Crippen LogP contribution in [-0.4, -0.2) is 30.3 Å². The van der Waals surface area contributed by atoms with Crippen LogP contribution < -0.4 is 10.9 Å². The highest BCUT2D eigenvalue weighted by atomic mass is 16.5. The lowest BCUT2D eigenvalue weighted by Gasteiger charge is -2.33. The van der Waals surface area contributed by atoms with Gasteiger partial charge in [-0.1, -0.05) is 0 Å². The molecule has 0 radical (unpaired) electrons. The number of ether oxygens (including phenoxy) is 1. The molecule has 1 amide bonds. The lowest BCUT2D eigenvalue weighted by Crippen LogP contribution is -2.51. The van der Waals surface area contributed by atoms with Crippen LogP contribution in [0.3, 0.4) is 0 Å². The number of esters is 1. The SMILES string of the molecule is COC(=O)C1CC(NNC(=O)O)C1. The standard InChI is InChI=1S/C7H12N2O4/c1-13-6(10)4-2-5(3-4)8-9-7(11)12/h4-5,8-9H,2-3H2,1H3,(H,11,12). The zero-order chi connectivity index (χ0) is 9.84. The fourth-order valence-electron chi connectivity index (χ4n) is 1.26. The molecule has 0 aliphatic heterocycles. The molecule has 0 aromatic carbocycles. The summed E-state index contributed by atoms with van der Waals surface area (Å²) in [6.07, 6.45) is 0.112. The summed E-state index contributed by atoms with van der Waals surface area (Å²) in [5.41, 5.74) is 4.61. The van der Waals surface area contributed by atoms with Gasteiger partial charge in [0, 0.05) is 6.04 Å². The topological polar surface area (TPSA) is 87.7 Å². The largest absolute Gasteiger partial charge is 0.469 e. The molecule has 0 atom stereocenters. The number of carbonyl (C=O) groups is 2. The molecule has 1 fully saturated rings. The first-order valence-electron chi connectivity index (χ1n) is 3.95. The minimum atomic E-state index is -1.12. The molecule has 0 heterocycles. The number of hydrazine groups is 1. The predicted molar refractivity (Wildman–Crippen MR) is 42.8 cm³/mol. The lowest BCUT2D eigenvalue weighted by molar-refractivity contribution is -0.149. The Balaban J connectivity index is 2.11. The number of hydrogen-bond acceptors (Lipinski definition) is 4. The highest BCUT2D eigenvalue weighted by Gasteiger charge is 2.35. The van der Waals surface area contributed by atoms with Crippen LogP contribution in [0.2, 0.25) is 0 Å². The maximum atomic E-state index is 10.9. The first-order chi connectivity index (χ1) is 6.13. The summed E-state index contributed by atoms with van der Waals surface area (Å²) in [4.78, 5) is 20.9. The molecule has 1 aliphatic rings. The maximum absolute atomic E-state index is 10.9. The molecule has 0 saturated heterocycles. The zero-order valence-corrected chi connectivity index (χ0v) is 7.24. The van der Waals surface area contributed by atoms with E-state index in [1.807, 2.05) is 5.43 Å². The van der Waals surface area contributed by atoms with Gasteiger partial charge in [0.15, 0.2) is 0 Å². The van der Waals surface area contributed by atoms with Gasteiger partial charge in [-0.25, -0.2) is 10.2 Å². The van der Waals surface area contributed by atoms with E-state index in [0.29, 0.717) is 12.8 Å². The summed E-state index contributed by atoms with van der Waals surface area (Å²) in [6, 6.07) is 0.0419. The molecule has 0 bridgehead atoms. The molecule has 1 aliphatic carbocycles. The van der Waals surface area contributed by atoms with Crippen molar-refractivity contribution in [3.05, 3.63) is 0 Å². The Morgan fingerprint density at radius 1 is 1.46 bits per heavy atom. The van der Waals surface area contributed by atoms with Crippen LogP contribution in [0.15, 0.2) is 0 Å². The van der Waals surface area contributed by atoms with Gasteiger partial charge in [0.25, 0.3) is 0 Å². The maximum Gasteiger partial charge on any atom is 0.419 e. The molecule has 0 aromatic heterocycles. The minimum absolute atomic E-state index is 0.0419. The molecule has 74 valence electrons. The Morgan fingerprint density at radius 3 is 2.54 bits per heavy atom. The normalized spacial score (nSPS) is 25.9. The summed E-state index contributed by atoms with van der Waals surface area (Å²) in [6.45, 7) is 0. The first-order valence-corrected chi connectivity index (χ1v) is 3.95. The van der Waals surface area contributed by atoms with E-state index < -0.39 is 6.09 Å². The van der Waals surface area contributed by atoms with Crippen molar-refractivity contribution in [3.8, 4) is 0 Å². The Labute approximate surface area is 75.2 Å². The van der Waals surface area contributed by atoms with E-state index >= 15 is 0 Å². The van der Waals surface area contributed by atoms with Gasteiger partial charge < -0.3 is 9.84 Å². The molecule has 3 N–H and O–H groups in total. The molecule has 1 rings (SSSR count). The second kappa shape index (κ2) is 4.08. The lowest BCUT2D eigenvalue weighted by atomic mass is 9.81. The molecule has 0 spiro atoms. The van der Waals surface area contributed by atoms with Gasteiger partial charge >= 0.3 is 12.1 Å². The fraction of sp³-hybridized carbons (Fsp3) is 0.714. The molecular weight excluding hydrogens is 176 g/mol. The minimum Gasteiger partial charge on any atom is -0.469 e. The van der Waals surface area contributed by atoms with E-state index in [2.05, 4.69) is 10.2 Å². The van der Waals surface area contributed by atoms with Gasteiger partial charge in [0.1, 0.15) is 0 Å². The van der Waals surface area contributed by atoms with Crippen molar-refractivity contribution in [2.24, 2.45) is 5.92 Å². The van der Waals surface area contributed by atoms with Crippen LogP contribution in [-0.2, 0) is 9.53 Å². The third-order valence-corrected chi connectivity index (χ3v) is 2.06. The second-order valence-electron chi connectivity index (χ2n) is 2.96. The zero-order valence-electron chi connectivity index (χ0n) is 7.24. The summed E-state index contributed by atoms with van der Waals surface area (Å²) < 4.78 is 4.52. The highest BCUT2D eigenvalue weighted by Crippen LogP contribution is 2.27. The third-order valence-electron chi connectivity index (χ3n) is 2.06. The van der Waals surface area contributed by atoms with Crippen molar-refractivity contribution < 1.29 is 19.4 Å². The van der Waals surface area contributed by atoms with Crippen LogP contribution >= 0.6 is 0 Å². The van der Waals surface area contributed by atoms with Crippen LogP contribution in [0.1, 0.15) is 12.8 Å². The highest BCUT2D eigenvalue weighted by molar-refractivity contribution is 5.73. The van der Waals surface area contributed by atoms with E-state index in [4.69, 9.17) is 5.11 Å². The van der Waals surface area contributed by atoms with E-state index in [0.717, 1.165) is 0 Å². The Hall–Kier alpha value is -1.30. The molecule has 6 heteroatoms. The summed E-state index contributed by atoms with van der Waals surface area (Å²) >= 11 is 0. The third kappa shape index (κ3) is 2.59. The number of carbonyl (C=O) groups excluding carboxylic acids is 1. The molecule has 13 heavy (non-hydrogen) atoms. The van der Waals surface area contributed by atoms with Gasteiger partial charge in [-0.2, -0.15) is 0 Å². The smallest absolute Gasteiger partial charge is 0.419 e. The van der Waals surface area contributed by atoms with Gasteiger partial charge in [-0.05, 0) is 12.8 Å². The van der Waals surface area contributed by atoms with Gasteiger partial charge in [-0.15, -0.1) is 0 Å². The Kier molecular flexibility index (Phi) is 3.07. The Morgan fingerprint density at radius 2 is 2.08 bits per heavy atom. The van der Waals surface area contributed by atoms with Crippen molar-refractivity contribution in [1.82, 2.24) is 10.9 Å². The molecule has 0 aromatic rings. The quantitative estimate of drug-likeness (QED) is 0.418. The average Bonchev–Trinajstić information content (AvgIpc) is 2.00. The van der Waals surface area contributed by atoms with Gasteiger partial charge in [0.05, 0.1) is 13.0 Å². The average molecular weight is 188 g/mol. The summed E-state index contributed by atoms with van der Waals surface area (Å²) in [5, 5.41) is 8.24. The van der Waals surface area contributed by atoms with E-state index in [1.165, 1.54) is 7.11 Å². The number of hydrogen-bond donors (Lipinski definition) is 3. The van der Waals surface area contributed by atoms with Crippen molar-refractivity contribution >= 4 is 12.1 Å². The van der Waals surface area contributed by atoms with Crippen LogP contribution in [0.25, 0.3) is 0 Å². The van der Waals surface area contributed by atoms with Crippen LogP contribution in [0.5, 0.6) is 0 Å². The molecule has 6 nitrogen and oxygen atoms in total. The van der Waals surface area contributed by atoms with E-state index in [-0.39, 0.29) is 17.9 Å². The van der Waals surface area contributed by atoms with Gasteiger partial charge in [0.2, 0.25) is 0 Å². The summed E-state index contributed by atoms with van der Waals surface area (Å²) in [7, 11) is 1.35. The first kappa shape index (κ1) is 9.79. The van der Waals surface area contributed by atoms with Gasteiger partial charge in [-0.3, -0.25) is 10.2 Å². The predicted octanol–water partition coefficient (Wildman–Crippen LogP) is -0.290. The number of amides is 1. The van der Waals surface area contributed by atoms with E-state index in [9.17, 15) is 9.59 Å². The molecule has 0 unspecified atom stereocenters. The van der Waals surface area contributed by atoms with E-state index in [1.54, 1.807) is 0 Å². The van der Waals surface area contributed by atoms with Crippen molar-refractivity contribution in [2.45, 2.75) is 18.9 Å². The monoisotopic (exact) mass is 188 g/mol. The van der Waals surface area contributed by atoms with Crippen LogP contribution in [0.4, 0.5) is 4.79 Å². The molecular formula is C7H12N2O4. The second-order valence-corrected chi connectivity index (χ2v) is 2.96. The number of nitrogens with one attached hydrogen (secondary N) is 2. The molecule has 1 saturated carbocycles. The number of methoxy groups -OCH3 is 1. The summed E-state index contributed by atoms with van der Waals surface area (Å²) in [5.74, 6) is -0.313. The van der Waals surface area contributed by atoms with Crippen molar-refractivity contribution in [1.29, 1.82) is 0 Å². The number of rotatable bonds is 3. The van der Waals surface area contributed by atoms with Crippen molar-refractivity contribution in [3.63, 3.8) is 0 Å². The fourth-order valence-corrected chi connectivity index (χ4v) is 1.26. The Bertz CT molecular complexity index is 213.